The van der Waals surface area contributed by atoms with Gasteiger partial charge < -0.3 is 0 Å². The first-order chi connectivity index (χ1) is 14.3. The Morgan fingerprint density at radius 1 is 1.37 bits per heavy atom. The number of halogens is 1. The molecule has 0 radical (unpaired) electrons. The summed E-state index contributed by atoms with van der Waals surface area (Å²) in [5, 5.41) is 1.88. The second kappa shape index (κ2) is 8.54. The number of hydrogen-bond acceptors (Lipinski definition) is 6. The van der Waals surface area contributed by atoms with Gasteiger partial charge in [0.15, 0.2) is 10.9 Å². The van der Waals surface area contributed by atoms with E-state index in [9.17, 15) is 9.59 Å². The maximum absolute atomic E-state index is 13.4. The summed E-state index contributed by atoms with van der Waals surface area (Å²) in [5.41, 5.74) is 1.70. The maximum Gasteiger partial charge on any atom is 0.263 e. The van der Waals surface area contributed by atoms with Crippen molar-refractivity contribution in [2.45, 2.75) is 42.5 Å². The Balaban J connectivity index is 1.70. The molecule has 0 spiro atoms. The molecule has 4 rings (SSSR count). The molecule has 0 aliphatic carbocycles. The molecular weight excluding hydrogens is 456 g/mol. The normalized spacial score (nSPS) is 15.2. The monoisotopic (exact) mass is 476 g/mol. The lowest BCUT2D eigenvalue weighted by Gasteiger charge is -2.28. The number of carbonyl (C=O) groups excluding carboxylic acids is 1. The standard InChI is InChI=1S/C22H21ClN2O2S3/c1-4-9-25-20(27)18-15-10-22(2,3)29-12-17(15)30-19(18)24-21(25)28-11-16(26)13-5-7-14(23)8-6-13/h4-8H,1,9-12H2,2-3H3. The molecule has 0 atom stereocenters. The van der Waals surface area contributed by atoms with Crippen LogP contribution in [0, 0.1) is 0 Å². The van der Waals surface area contributed by atoms with Crippen LogP contribution in [0.25, 0.3) is 10.2 Å². The summed E-state index contributed by atoms with van der Waals surface area (Å²) in [6.45, 7) is 8.58. The van der Waals surface area contributed by atoms with Gasteiger partial charge in [-0.25, -0.2) is 4.98 Å². The largest absolute Gasteiger partial charge is 0.293 e. The number of nitrogens with zero attached hydrogens (tertiary/aromatic N) is 2. The van der Waals surface area contributed by atoms with E-state index in [2.05, 4.69) is 20.4 Å². The Morgan fingerprint density at radius 3 is 2.80 bits per heavy atom. The van der Waals surface area contributed by atoms with Crippen LogP contribution in [0.4, 0.5) is 0 Å². The molecule has 2 aromatic heterocycles. The highest BCUT2D eigenvalue weighted by atomic mass is 35.5. The van der Waals surface area contributed by atoms with Gasteiger partial charge in [-0.05, 0) is 36.2 Å². The van der Waals surface area contributed by atoms with E-state index in [0.29, 0.717) is 22.3 Å². The second-order valence-corrected chi connectivity index (χ2v) is 11.9. The summed E-state index contributed by atoms with van der Waals surface area (Å²) < 4.78 is 1.74. The average molecular weight is 477 g/mol. The Hall–Kier alpha value is -1.54. The number of ketones is 1. The zero-order valence-corrected chi connectivity index (χ0v) is 19.9. The number of fused-ring (bicyclic) bond motifs is 3. The third-order valence-corrected chi connectivity index (χ3v) is 8.86. The van der Waals surface area contributed by atoms with Gasteiger partial charge >= 0.3 is 0 Å². The van der Waals surface area contributed by atoms with Crippen molar-refractivity contribution in [1.82, 2.24) is 9.55 Å². The van der Waals surface area contributed by atoms with Gasteiger partial charge in [-0.1, -0.05) is 43.3 Å². The Bertz CT molecular complexity index is 1200. The minimum atomic E-state index is -0.0402. The number of hydrogen-bond donors (Lipinski definition) is 0. The lowest BCUT2D eigenvalue weighted by molar-refractivity contribution is 0.102. The highest BCUT2D eigenvalue weighted by Crippen LogP contribution is 2.44. The highest BCUT2D eigenvalue weighted by molar-refractivity contribution is 8.00. The summed E-state index contributed by atoms with van der Waals surface area (Å²) in [7, 11) is 0. The quantitative estimate of drug-likeness (QED) is 0.193. The smallest absolute Gasteiger partial charge is 0.263 e. The molecule has 3 aromatic rings. The first kappa shape index (κ1) is 21.7. The van der Waals surface area contributed by atoms with Crippen molar-refractivity contribution in [3.63, 3.8) is 0 Å². The molecule has 3 heterocycles. The van der Waals surface area contributed by atoms with E-state index >= 15 is 0 Å². The van der Waals surface area contributed by atoms with E-state index in [4.69, 9.17) is 16.6 Å². The van der Waals surface area contributed by atoms with Crippen LogP contribution >= 0.6 is 46.5 Å². The van der Waals surface area contributed by atoms with Crippen molar-refractivity contribution in [1.29, 1.82) is 0 Å². The molecule has 1 aromatic carbocycles. The molecule has 1 aliphatic rings. The van der Waals surface area contributed by atoms with Gasteiger partial charge in [-0.2, -0.15) is 0 Å². The van der Waals surface area contributed by atoms with Crippen molar-refractivity contribution in [3.8, 4) is 0 Å². The van der Waals surface area contributed by atoms with Crippen molar-refractivity contribution in [2.24, 2.45) is 0 Å². The van der Waals surface area contributed by atoms with Crippen LogP contribution in [0.2, 0.25) is 5.02 Å². The molecular formula is C22H21ClN2O2S3. The predicted molar refractivity (Wildman–Crippen MR) is 130 cm³/mol. The van der Waals surface area contributed by atoms with Crippen molar-refractivity contribution >= 4 is 62.5 Å². The molecule has 0 saturated heterocycles. The maximum atomic E-state index is 13.4. The van der Waals surface area contributed by atoms with E-state index in [-0.39, 0.29) is 21.8 Å². The molecule has 0 saturated carbocycles. The molecule has 8 heteroatoms. The molecule has 0 bridgehead atoms. The highest BCUT2D eigenvalue weighted by Gasteiger charge is 2.31. The van der Waals surface area contributed by atoms with Gasteiger partial charge in [-0.3, -0.25) is 14.2 Å². The van der Waals surface area contributed by atoms with Crippen LogP contribution in [-0.2, 0) is 18.7 Å². The Kier molecular flexibility index (Phi) is 6.17. The van der Waals surface area contributed by atoms with Gasteiger partial charge in [-0.15, -0.1) is 29.7 Å². The zero-order chi connectivity index (χ0) is 21.5. The van der Waals surface area contributed by atoms with E-state index in [1.807, 2.05) is 11.8 Å². The minimum absolute atomic E-state index is 0.0280. The number of carbonyl (C=O) groups is 1. The molecule has 4 nitrogen and oxygen atoms in total. The minimum Gasteiger partial charge on any atom is -0.293 e. The lowest BCUT2D eigenvalue weighted by atomic mass is 10.00. The van der Waals surface area contributed by atoms with E-state index in [1.165, 1.54) is 16.6 Å². The zero-order valence-electron chi connectivity index (χ0n) is 16.7. The number of benzene rings is 1. The van der Waals surface area contributed by atoms with Crippen LogP contribution in [0.1, 0.15) is 34.6 Å². The van der Waals surface area contributed by atoms with E-state index < -0.39 is 0 Å². The number of Topliss-reactive ketones (excluding diaryl/α,β-unsaturated/α-hetero) is 1. The first-order valence-corrected chi connectivity index (χ1v) is 12.7. The number of thioether (sulfide) groups is 2. The van der Waals surface area contributed by atoms with Gasteiger partial charge in [0.05, 0.1) is 11.1 Å². The molecule has 0 N–H and O–H groups in total. The van der Waals surface area contributed by atoms with Crippen LogP contribution in [0.15, 0.2) is 46.9 Å². The topological polar surface area (TPSA) is 52.0 Å². The number of allylic oxidation sites excluding steroid dienone is 1. The lowest BCUT2D eigenvalue weighted by Crippen LogP contribution is -2.26. The molecule has 30 heavy (non-hydrogen) atoms. The van der Waals surface area contributed by atoms with Gasteiger partial charge in [0, 0.05) is 32.5 Å². The fraction of sp³-hybridized carbons (Fsp3) is 0.318. The summed E-state index contributed by atoms with van der Waals surface area (Å²) in [6.07, 6.45) is 2.55. The summed E-state index contributed by atoms with van der Waals surface area (Å²) in [6, 6.07) is 6.83. The van der Waals surface area contributed by atoms with E-state index in [1.54, 1.807) is 46.2 Å². The van der Waals surface area contributed by atoms with Gasteiger partial charge in [0.1, 0.15) is 4.83 Å². The fourth-order valence-corrected chi connectivity index (χ4v) is 6.87. The Morgan fingerprint density at radius 2 is 2.10 bits per heavy atom. The van der Waals surface area contributed by atoms with Gasteiger partial charge in [0.25, 0.3) is 5.56 Å². The molecule has 1 aliphatic heterocycles. The van der Waals surface area contributed by atoms with Crippen LogP contribution < -0.4 is 5.56 Å². The number of thiophene rings is 1. The van der Waals surface area contributed by atoms with Crippen molar-refractivity contribution < 1.29 is 4.79 Å². The number of aromatic nitrogens is 2. The van der Waals surface area contributed by atoms with E-state index in [0.717, 1.165) is 28.0 Å². The third kappa shape index (κ3) is 4.26. The predicted octanol–water partition coefficient (Wildman–Crippen LogP) is 5.84. The van der Waals surface area contributed by atoms with Crippen LogP contribution in [0.5, 0.6) is 0 Å². The SMILES string of the molecule is C=CCn1c(SCC(=O)c2ccc(Cl)cc2)nc2sc3c(c2c1=O)CC(C)(C)SC3. The fourth-order valence-electron chi connectivity index (χ4n) is 3.46. The van der Waals surface area contributed by atoms with Crippen LogP contribution in [-0.4, -0.2) is 25.8 Å². The summed E-state index contributed by atoms with van der Waals surface area (Å²) in [4.78, 5) is 32.8. The second-order valence-electron chi connectivity index (χ2n) is 7.73. The Labute approximate surface area is 192 Å². The van der Waals surface area contributed by atoms with Crippen molar-refractivity contribution in [2.75, 3.05) is 5.75 Å². The molecule has 156 valence electrons. The summed E-state index contributed by atoms with van der Waals surface area (Å²) >= 11 is 10.7. The third-order valence-electron chi connectivity index (χ3n) is 4.97. The summed E-state index contributed by atoms with van der Waals surface area (Å²) in [5.74, 6) is 1.08. The average Bonchev–Trinajstić information content (AvgIpc) is 3.05. The molecule has 0 unspecified atom stereocenters. The van der Waals surface area contributed by atoms with Gasteiger partial charge in [0.2, 0.25) is 0 Å². The first-order valence-electron chi connectivity index (χ1n) is 9.50. The molecule has 0 fully saturated rings. The van der Waals surface area contributed by atoms with Crippen LogP contribution in [0.3, 0.4) is 0 Å². The number of rotatable bonds is 6. The molecule has 0 amide bonds. The van der Waals surface area contributed by atoms with Crippen molar-refractivity contribution in [3.05, 3.63) is 68.3 Å².